The van der Waals surface area contributed by atoms with E-state index < -0.39 is 11.5 Å². The fourth-order valence-electron chi connectivity index (χ4n) is 2.37. The second-order valence-corrected chi connectivity index (χ2v) is 4.83. The van der Waals surface area contributed by atoms with Crippen LogP contribution in [0.4, 0.5) is 0 Å². The standard InChI is InChI=1S/C14H19NO4.ClH/c1-18-11-4-3-9(7-10(11)8-15)12(16)14(5-6-14)13(17)19-2;/h3-4,7,12,16H,5-6,8,15H2,1-2H3;1H. The highest BCUT2D eigenvalue weighted by molar-refractivity contribution is 5.85. The number of ether oxygens (including phenoxy) is 2. The van der Waals surface area contributed by atoms with Gasteiger partial charge in [-0.1, -0.05) is 6.07 Å². The second kappa shape index (κ2) is 6.43. The van der Waals surface area contributed by atoms with Gasteiger partial charge in [-0.05, 0) is 30.5 Å². The zero-order valence-corrected chi connectivity index (χ0v) is 12.4. The highest BCUT2D eigenvalue weighted by Crippen LogP contribution is 2.55. The highest BCUT2D eigenvalue weighted by atomic mass is 35.5. The first-order chi connectivity index (χ1) is 9.08. The van der Waals surface area contributed by atoms with Crippen LogP contribution in [0.5, 0.6) is 5.75 Å². The summed E-state index contributed by atoms with van der Waals surface area (Å²) in [5.74, 6) is 0.325. The Morgan fingerprint density at radius 1 is 1.45 bits per heavy atom. The van der Waals surface area contributed by atoms with Crippen LogP contribution in [0.2, 0.25) is 0 Å². The third-order valence-corrected chi connectivity index (χ3v) is 3.74. The molecule has 1 aliphatic rings. The van der Waals surface area contributed by atoms with E-state index in [9.17, 15) is 9.90 Å². The molecular weight excluding hydrogens is 282 g/mol. The summed E-state index contributed by atoms with van der Waals surface area (Å²) in [4.78, 5) is 11.8. The maximum Gasteiger partial charge on any atom is 0.314 e. The molecule has 1 unspecified atom stereocenters. The molecule has 6 heteroatoms. The van der Waals surface area contributed by atoms with Gasteiger partial charge in [-0.25, -0.2) is 0 Å². The van der Waals surface area contributed by atoms with Crippen LogP contribution in [-0.2, 0) is 16.1 Å². The van der Waals surface area contributed by atoms with Crippen molar-refractivity contribution in [3.63, 3.8) is 0 Å². The van der Waals surface area contributed by atoms with Crippen molar-refractivity contribution in [1.29, 1.82) is 0 Å². The Balaban J connectivity index is 0.00000200. The lowest BCUT2D eigenvalue weighted by Crippen LogP contribution is -2.25. The van der Waals surface area contributed by atoms with Gasteiger partial charge in [-0.3, -0.25) is 4.79 Å². The number of halogens is 1. The monoisotopic (exact) mass is 301 g/mol. The molecule has 0 spiro atoms. The Hall–Kier alpha value is -1.30. The summed E-state index contributed by atoms with van der Waals surface area (Å²) >= 11 is 0. The van der Waals surface area contributed by atoms with Crippen molar-refractivity contribution in [2.24, 2.45) is 11.1 Å². The molecule has 0 amide bonds. The van der Waals surface area contributed by atoms with Crippen molar-refractivity contribution in [2.45, 2.75) is 25.5 Å². The van der Waals surface area contributed by atoms with Crippen LogP contribution in [0.15, 0.2) is 18.2 Å². The number of aliphatic hydroxyl groups is 1. The van der Waals surface area contributed by atoms with Crippen molar-refractivity contribution in [3.05, 3.63) is 29.3 Å². The number of carbonyl (C=O) groups excluding carboxylic acids is 1. The normalized spacial score (nSPS) is 16.8. The van der Waals surface area contributed by atoms with Crippen molar-refractivity contribution in [2.75, 3.05) is 14.2 Å². The van der Waals surface area contributed by atoms with E-state index in [0.29, 0.717) is 30.7 Å². The van der Waals surface area contributed by atoms with Gasteiger partial charge in [0.15, 0.2) is 0 Å². The highest BCUT2D eigenvalue weighted by Gasteiger charge is 2.57. The molecule has 20 heavy (non-hydrogen) atoms. The molecule has 0 bridgehead atoms. The minimum atomic E-state index is -0.865. The third-order valence-electron chi connectivity index (χ3n) is 3.74. The van der Waals surface area contributed by atoms with Crippen LogP contribution >= 0.6 is 12.4 Å². The molecule has 1 aliphatic carbocycles. The summed E-state index contributed by atoms with van der Waals surface area (Å²) < 4.78 is 9.96. The van der Waals surface area contributed by atoms with Gasteiger partial charge in [0.05, 0.1) is 25.7 Å². The molecule has 0 heterocycles. The maximum atomic E-state index is 11.8. The van der Waals surface area contributed by atoms with Gasteiger partial charge in [0.25, 0.3) is 0 Å². The van der Waals surface area contributed by atoms with E-state index >= 15 is 0 Å². The molecule has 5 nitrogen and oxygen atoms in total. The van der Waals surface area contributed by atoms with Crippen LogP contribution < -0.4 is 10.5 Å². The molecule has 0 aliphatic heterocycles. The fraction of sp³-hybridized carbons (Fsp3) is 0.500. The van der Waals surface area contributed by atoms with Crippen molar-refractivity contribution in [1.82, 2.24) is 0 Å². The average Bonchev–Trinajstić information content (AvgIpc) is 3.26. The van der Waals surface area contributed by atoms with Crippen LogP contribution in [0, 0.1) is 5.41 Å². The van der Waals surface area contributed by atoms with Gasteiger partial charge < -0.3 is 20.3 Å². The van der Waals surface area contributed by atoms with Crippen molar-refractivity contribution < 1.29 is 19.4 Å². The molecule has 112 valence electrons. The molecule has 0 aromatic heterocycles. The largest absolute Gasteiger partial charge is 0.496 e. The Morgan fingerprint density at radius 3 is 2.55 bits per heavy atom. The smallest absolute Gasteiger partial charge is 0.314 e. The second-order valence-electron chi connectivity index (χ2n) is 4.83. The van der Waals surface area contributed by atoms with Crippen LogP contribution in [0.25, 0.3) is 0 Å². The number of esters is 1. The quantitative estimate of drug-likeness (QED) is 0.807. The van der Waals surface area contributed by atoms with Gasteiger partial charge in [0.1, 0.15) is 5.75 Å². The molecule has 1 aromatic rings. The number of aliphatic hydroxyl groups excluding tert-OH is 1. The summed E-state index contributed by atoms with van der Waals surface area (Å²) in [5.41, 5.74) is 6.35. The van der Waals surface area contributed by atoms with Gasteiger partial charge in [0, 0.05) is 12.1 Å². The summed E-state index contributed by atoms with van der Waals surface area (Å²) in [7, 11) is 2.91. The van der Waals surface area contributed by atoms with Gasteiger partial charge in [0.2, 0.25) is 0 Å². The maximum absolute atomic E-state index is 11.8. The summed E-state index contributed by atoms with van der Waals surface area (Å²) in [6, 6.07) is 5.30. The van der Waals surface area contributed by atoms with E-state index in [1.54, 1.807) is 25.3 Å². The Labute approximate surface area is 124 Å². The molecule has 0 saturated heterocycles. The number of hydrogen-bond donors (Lipinski definition) is 2. The zero-order chi connectivity index (χ0) is 14.0. The van der Waals surface area contributed by atoms with E-state index in [2.05, 4.69) is 0 Å². The molecule has 1 fully saturated rings. The molecule has 0 radical (unpaired) electrons. The van der Waals surface area contributed by atoms with E-state index in [-0.39, 0.29) is 18.4 Å². The van der Waals surface area contributed by atoms with Gasteiger partial charge in [-0.15, -0.1) is 12.4 Å². The van der Waals surface area contributed by atoms with Crippen LogP contribution in [-0.4, -0.2) is 25.3 Å². The Bertz CT molecular complexity index is 488. The summed E-state index contributed by atoms with van der Waals surface area (Å²) in [6.07, 6.45) is 0.423. The van der Waals surface area contributed by atoms with Crippen LogP contribution in [0.1, 0.15) is 30.1 Å². The lowest BCUT2D eigenvalue weighted by Gasteiger charge is -2.21. The first-order valence-corrected chi connectivity index (χ1v) is 6.22. The van der Waals surface area contributed by atoms with E-state index in [1.165, 1.54) is 7.11 Å². The first kappa shape index (κ1) is 16.8. The number of nitrogens with two attached hydrogens (primary N) is 1. The predicted octanol–water partition coefficient (Wildman–Crippen LogP) is 1.56. The molecule has 3 N–H and O–H groups in total. The molecule has 2 rings (SSSR count). The molecule has 1 aromatic carbocycles. The van der Waals surface area contributed by atoms with E-state index in [0.717, 1.165) is 5.56 Å². The summed E-state index contributed by atoms with van der Waals surface area (Å²) in [6.45, 7) is 0.314. The molecule has 1 atom stereocenters. The number of hydrogen-bond acceptors (Lipinski definition) is 5. The number of methoxy groups -OCH3 is 2. The molecular formula is C14H20ClNO4. The zero-order valence-electron chi connectivity index (χ0n) is 11.6. The minimum Gasteiger partial charge on any atom is -0.496 e. The van der Waals surface area contributed by atoms with Gasteiger partial charge in [-0.2, -0.15) is 0 Å². The fourth-order valence-corrected chi connectivity index (χ4v) is 2.37. The van der Waals surface area contributed by atoms with Crippen molar-refractivity contribution >= 4 is 18.4 Å². The summed E-state index contributed by atoms with van der Waals surface area (Å²) in [5, 5.41) is 10.4. The molecule has 1 saturated carbocycles. The van der Waals surface area contributed by atoms with Crippen molar-refractivity contribution in [3.8, 4) is 5.75 Å². The average molecular weight is 302 g/mol. The van der Waals surface area contributed by atoms with E-state index in [4.69, 9.17) is 15.2 Å². The number of rotatable bonds is 5. The topological polar surface area (TPSA) is 81.8 Å². The lowest BCUT2D eigenvalue weighted by atomic mass is 9.91. The lowest BCUT2D eigenvalue weighted by molar-refractivity contribution is -0.152. The predicted molar refractivity (Wildman–Crippen MR) is 76.8 cm³/mol. The van der Waals surface area contributed by atoms with Gasteiger partial charge >= 0.3 is 5.97 Å². The SMILES string of the molecule is COC(=O)C1(C(O)c2ccc(OC)c(CN)c2)CC1.Cl. The number of carbonyl (C=O) groups is 1. The first-order valence-electron chi connectivity index (χ1n) is 6.22. The number of benzene rings is 1. The van der Waals surface area contributed by atoms with E-state index in [1.807, 2.05) is 0 Å². The Kier molecular flexibility index (Phi) is 5.39. The minimum absolute atomic E-state index is 0. The third kappa shape index (κ3) is 2.75. The van der Waals surface area contributed by atoms with Crippen LogP contribution in [0.3, 0.4) is 0 Å². The Morgan fingerprint density at radius 2 is 2.10 bits per heavy atom.